The molecule has 3 N–H and O–H groups in total. The van der Waals surface area contributed by atoms with Crippen LogP contribution < -0.4 is 15.4 Å². The number of hydrogen-bond donors (Lipinski definition) is 3. The van der Waals surface area contributed by atoms with E-state index in [9.17, 15) is 13.2 Å². The summed E-state index contributed by atoms with van der Waals surface area (Å²) in [6, 6.07) is 1.29. The maximum atomic E-state index is 12.2. The van der Waals surface area contributed by atoms with E-state index < -0.39 is 10.0 Å². The standard InChI is InChI=1S/C11H18N4O3S/c1-12-11(16)10-5-9(7-15(10)2)19(17,18)14-8-3-4-13-6-8/h5,7-8,13-14H,3-4,6H2,1-2H3,(H,12,16)/t8-/m0/s1. The van der Waals surface area contributed by atoms with Crippen molar-refractivity contribution >= 4 is 15.9 Å². The highest BCUT2D eigenvalue weighted by molar-refractivity contribution is 7.89. The molecule has 0 aromatic carbocycles. The van der Waals surface area contributed by atoms with Crippen LogP contribution in [0.25, 0.3) is 0 Å². The number of amides is 1. The number of sulfonamides is 1. The Labute approximate surface area is 112 Å². The first-order chi connectivity index (χ1) is 8.94. The Morgan fingerprint density at radius 1 is 1.53 bits per heavy atom. The molecule has 1 amide bonds. The van der Waals surface area contributed by atoms with E-state index in [0.29, 0.717) is 12.2 Å². The molecule has 0 aliphatic carbocycles. The summed E-state index contributed by atoms with van der Waals surface area (Å²) in [5, 5.41) is 5.57. The lowest BCUT2D eigenvalue weighted by atomic mass is 10.3. The highest BCUT2D eigenvalue weighted by Crippen LogP contribution is 2.14. The van der Waals surface area contributed by atoms with Crippen molar-refractivity contribution in [2.75, 3.05) is 20.1 Å². The smallest absolute Gasteiger partial charge is 0.267 e. The minimum Gasteiger partial charge on any atom is -0.354 e. The van der Waals surface area contributed by atoms with Crippen molar-refractivity contribution in [1.82, 2.24) is 19.9 Å². The van der Waals surface area contributed by atoms with Gasteiger partial charge in [-0.1, -0.05) is 0 Å². The molecular formula is C11H18N4O3S. The molecule has 1 saturated heterocycles. The van der Waals surface area contributed by atoms with Gasteiger partial charge in [0, 0.05) is 32.9 Å². The molecular weight excluding hydrogens is 268 g/mol. The Morgan fingerprint density at radius 3 is 2.84 bits per heavy atom. The number of carbonyl (C=O) groups excluding carboxylic acids is 1. The van der Waals surface area contributed by atoms with Gasteiger partial charge in [0.15, 0.2) is 0 Å². The molecule has 1 aromatic rings. The number of aryl methyl sites for hydroxylation is 1. The third kappa shape index (κ3) is 2.96. The second-order valence-electron chi connectivity index (χ2n) is 4.56. The molecule has 0 radical (unpaired) electrons. The lowest BCUT2D eigenvalue weighted by Gasteiger charge is -2.10. The van der Waals surface area contributed by atoms with Crippen molar-refractivity contribution in [3.63, 3.8) is 0 Å². The Hall–Kier alpha value is -1.38. The van der Waals surface area contributed by atoms with Gasteiger partial charge in [-0.15, -0.1) is 0 Å². The second-order valence-corrected chi connectivity index (χ2v) is 6.28. The average molecular weight is 286 g/mol. The third-order valence-corrected chi connectivity index (χ3v) is 4.62. The van der Waals surface area contributed by atoms with Gasteiger partial charge in [0.1, 0.15) is 10.6 Å². The first-order valence-corrected chi connectivity index (χ1v) is 7.54. The highest BCUT2D eigenvalue weighted by Gasteiger charge is 2.25. The lowest BCUT2D eigenvalue weighted by Crippen LogP contribution is -2.36. The van der Waals surface area contributed by atoms with Crippen LogP contribution >= 0.6 is 0 Å². The van der Waals surface area contributed by atoms with Crippen LogP contribution in [0, 0.1) is 0 Å². The number of carbonyl (C=O) groups is 1. The van der Waals surface area contributed by atoms with Crippen molar-refractivity contribution in [2.45, 2.75) is 17.4 Å². The Morgan fingerprint density at radius 2 is 2.26 bits per heavy atom. The fourth-order valence-corrected chi connectivity index (χ4v) is 3.42. The van der Waals surface area contributed by atoms with Gasteiger partial charge in [-0.25, -0.2) is 13.1 Å². The SMILES string of the molecule is CNC(=O)c1cc(S(=O)(=O)N[C@H]2CCNC2)cn1C. The summed E-state index contributed by atoms with van der Waals surface area (Å²) >= 11 is 0. The van der Waals surface area contributed by atoms with Gasteiger partial charge in [-0.2, -0.15) is 0 Å². The summed E-state index contributed by atoms with van der Waals surface area (Å²) in [5.74, 6) is -0.313. The normalized spacial score (nSPS) is 19.6. The fourth-order valence-electron chi connectivity index (χ4n) is 2.08. The number of nitrogens with zero attached hydrogens (tertiary/aromatic N) is 1. The van der Waals surface area contributed by atoms with E-state index in [1.54, 1.807) is 7.05 Å². The van der Waals surface area contributed by atoms with Gasteiger partial charge in [0.25, 0.3) is 5.91 Å². The second kappa shape index (κ2) is 5.32. The van der Waals surface area contributed by atoms with Crippen LogP contribution in [0.1, 0.15) is 16.9 Å². The third-order valence-electron chi connectivity index (χ3n) is 3.13. The topological polar surface area (TPSA) is 92.2 Å². The molecule has 2 rings (SSSR count). The van der Waals surface area contributed by atoms with Gasteiger partial charge in [-0.05, 0) is 19.0 Å². The molecule has 0 spiro atoms. The monoisotopic (exact) mass is 286 g/mol. The molecule has 1 aromatic heterocycles. The molecule has 1 aliphatic heterocycles. The van der Waals surface area contributed by atoms with Gasteiger partial charge < -0.3 is 15.2 Å². The molecule has 8 heteroatoms. The number of hydrogen-bond acceptors (Lipinski definition) is 4. The molecule has 2 heterocycles. The largest absolute Gasteiger partial charge is 0.354 e. The molecule has 19 heavy (non-hydrogen) atoms. The summed E-state index contributed by atoms with van der Waals surface area (Å²) in [7, 11) is -0.432. The number of rotatable bonds is 4. The van der Waals surface area contributed by atoms with E-state index >= 15 is 0 Å². The molecule has 0 saturated carbocycles. The number of aromatic nitrogens is 1. The van der Waals surface area contributed by atoms with E-state index in [2.05, 4.69) is 15.4 Å². The first-order valence-electron chi connectivity index (χ1n) is 6.05. The summed E-state index contributed by atoms with van der Waals surface area (Å²) < 4.78 is 28.5. The lowest BCUT2D eigenvalue weighted by molar-refractivity contribution is 0.0955. The summed E-state index contributed by atoms with van der Waals surface area (Å²) in [6.45, 7) is 1.44. The van der Waals surface area contributed by atoms with Crippen LogP contribution in [0.3, 0.4) is 0 Å². The van der Waals surface area contributed by atoms with E-state index in [-0.39, 0.29) is 16.8 Å². The summed E-state index contributed by atoms with van der Waals surface area (Å²) in [6.07, 6.45) is 2.21. The Balaban J connectivity index is 2.23. The van der Waals surface area contributed by atoms with E-state index in [4.69, 9.17) is 0 Å². The zero-order chi connectivity index (χ0) is 14.0. The average Bonchev–Trinajstić information content (AvgIpc) is 2.97. The van der Waals surface area contributed by atoms with Crippen LogP contribution in [-0.4, -0.2) is 45.1 Å². The van der Waals surface area contributed by atoms with Crippen LogP contribution in [0.2, 0.25) is 0 Å². The van der Waals surface area contributed by atoms with Crippen molar-refractivity contribution in [2.24, 2.45) is 7.05 Å². The molecule has 1 aliphatic rings. The maximum absolute atomic E-state index is 12.2. The molecule has 1 atom stereocenters. The van der Waals surface area contributed by atoms with Crippen molar-refractivity contribution in [3.8, 4) is 0 Å². The van der Waals surface area contributed by atoms with Gasteiger partial charge >= 0.3 is 0 Å². The van der Waals surface area contributed by atoms with Crippen molar-refractivity contribution in [1.29, 1.82) is 0 Å². The molecule has 1 fully saturated rings. The minimum atomic E-state index is -3.58. The summed E-state index contributed by atoms with van der Waals surface area (Å²) in [5.41, 5.74) is 0.312. The summed E-state index contributed by atoms with van der Waals surface area (Å²) in [4.78, 5) is 11.7. The van der Waals surface area contributed by atoms with E-state index in [0.717, 1.165) is 13.0 Å². The highest BCUT2D eigenvalue weighted by atomic mass is 32.2. The van der Waals surface area contributed by atoms with Crippen molar-refractivity contribution in [3.05, 3.63) is 18.0 Å². The first kappa shape index (κ1) is 14.0. The fraction of sp³-hybridized carbons (Fsp3) is 0.545. The molecule has 7 nitrogen and oxygen atoms in total. The predicted octanol–water partition coefficient (Wildman–Crippen LogP) is -0.975. The maximum Gasteiger partial charge on any atom is 0.267 e. The Bertz CT molecular complexity index is 573. The predicted molar refractivity (Wildman–Crippen MR) is 70.4 cm³/mol. The van der Waals surface area contributed by atoms with Gasteiger partial charge in [0.2, 0.25) is 10.0 Å². The molecule has 0 unspecified atom stereocenters. The molecule has 106 valence electrons. The Kier molecular flexibility index (Phi) is 3.93. The van der Waals surface area contributed by atoms with E-state index in [1.165, 1.54) is 23.9 Å². The molecule has 0 bridgehead atoms. The van der Waals surface area contributed by atoms with Crippen LogP contribution in [0.15, 0.2) is 17.2 Å². The van der Waals surface area contributed by atoms with Crippen molar-refractivity contribution < 1.29 is 13.2 Å². The minimum absolute atomic E-state index is 0.0892. The number of nitrogens with one attached hydrogen (secondary N) is 3. The van der Waals surface area contributed by atoms with Gasteiger partial charge in [-0.3, -0.25) is 4.79 Å². The van der Waals surface area contributed by atoms with Gasteiger partial charge in [0.05, 0.1) is 0 Å². The van der Waals surface area contributed by atoms with Crippen LogP contribution in [-0.2, 0) is 17.1 Å². The van der Waals surface area contributed by atoms with Crippen LogP contribution in [0.5, 0.6) is 0 Å². The zero-order valence-electron chi connectivity index (χ0n) is 10.9. The quantitative estimate of drug-likeness (QED) is 0.664. The van der Waals surface area contributed by atoms with Crippen LogP contribution in [0.4, 0.5) is 0 Å². The van der Waals surface area contributed by atoms with E-state index in [1.807, 2.05) is 0 Å². The zero-order valence-corrected chi connectivity index (χ0v) is 11.8.